The topological polar surface area (TPSA) is 63.1 Å². The van der Waals surface area contributed by atoms with Crippen LogP contribution >= 0.6 is 0 Å². The Morgan fingerprint density at radius 3 is 2.76 bits per heavy atom. The summed E-state index contributed by atoms with van der Waals surface area (Å²) in [6.07, 6.45) is 4.00. The van der Waals surface area contributed by atoms with Crippen molar-refractivity contribution >= 4 is 5.97 Å². The van der Waals surface area contributed by atoms with E-state index in [9.17, 15) is 9.18 Å². The summed E-state index contributed by atoms with van der Waals surface area (Å²) in [6.45, 7) is 1.80. The molecule has 2 rings (SSSR count). The third-order valence-electron chi connectivity index (χ3n) is 2.40. The maximum Gasteiger partial charge on any atom is 0.354 e. The van der Waals surface area contributed by atoms with E-state index in [1.807, 2.05) is 0 Å². The van der Waals surface area contributed by atoms with Crippen molar-refractivity contribution in [3.63, 3.8) is 0 Å². The molecule has 5 heteroatoms. The highest BCUT2D eigenvalue weighted by Gasteiger charge is 2.13. The van der Waals surface area contributed by atoms with E-state index in [2.05, 4.69) is 9.97 Å². The van der Waals surface area contributed by atoms with Crippen LogP contribution in [0.4, 0.5) is 4.39 Å². The van der Waals surface area contributed by atoms with Gasteiger partial charge in [0, 0.05) is 23.5 Å². The highest BCUT2D eigenvalue weighted by molar-refractivity contribution is 5.87. The first kappa shape index (κ1) is 11.2. The number of aromatic nitrogens is 2. The Hall–Kier alpha value is -2.30. The van der Waals surface area contributed by atoms with Gasteiger partial charge < -0.3 is 5.11 Å². The Bertz CT molecular complexity index is 584. The summed E-state index contributed by atoms with van der Waals surface area (Å²) in [5.74, 6) is -1.75. The first-order chi connectivity index (χ1) is 8.09. The lowest BCUT2D eigenvalue weighted by Crippen LogP contribution is -2.02. The second kappa shape index (κ2) is 4.29. The minimum atomic E-state index is -1.19. The number of carbonyl (C=O) groups is 1. The predicted octanol–water partition coefficient (Wildman–Crippen LogP) is 2.29. The molecule has 2 aromatic heterocycles. The van der Waals surface area contributed by atoms with Crippen LogP contribution in [0.15, 0.2) is 30.7 Å². The molecule has 0 aliphatic heterocycles. The molecule has 2 aromatic rings. The lowest BCUT2D eigenvalue weighted by molar-refractivity contribution is 0.0690. The minimum Gasteiger partial charge on any atom is -0.477 e. The Kier molecular flexibility index (Phi) is 2.82. The number of carboxylic acid groups (broad SMARTS) is 1. The molecule has 17 heavy (non-hydrogen) atoms. The Labute approximate surface area is 96.8 Å². The molecule has 1 N–H and O–H groups in total. The van der Waals surface area contributed by atoms with Crippen molar-refractivity contribution in [1.29, 1.82) is 0 Å². The lowest BCUT2D eigenvalue weighted by Gasteiger charge is -2.06. The van der Waals surface area contributed by atoms with E-state index in [4.69, 9.17) is 5.11 Å². The molecule has 0 atom stereocenters. The highest BCUT2D eigenvalue weighted by Crippen LogP contribution is 2.25. The molecule has 0 radical (unpaired) electrons. The van der Waals surface area contributed by atoms with E-state index in [-0.39, 0.29) is 11.3 Å². The van der Waals surface area contributed by atoms with Crippen molar-refractivity contribution in [1.82, 2.24) is 9.97 Å². The first-order valence-electron chi connectivity index (χ1n) is 4.89. The maximum atomic E-state index is 13.6. The molecule has 0 aliphatic rings. The number of hydrogen-bond donors (Lipinski definition) is 1. The van der Waals surface area contributed by atoms with E-state index in [0.29, 0.717) is 5.56 Å². The van der Waals surface area contributed by atoms with Crippen molar-refractivity contribution in [2.24, 2.45) is 0 Å². The fraction of sp³-hybridized carbons (Fsp3) is 0.0833. The molecule has 0 fully saturated rings. The third-order valence-corrected chi connectivity index (χ3v) is 2.40. The molecule has 0 aromatic carbocycles. The van der Waals surface area contributed by atoms with Crippen LogP contribution in [0.1, 0.15) is 16.1 Å². The Morgan fingerprint density at radius 2 is 2.12 bits per heavy atom. The summed E-state index contributed by atoms with van der Waals surface area (Å²) < 4.78 is 13.6. The molecule has 0 saturated carbocycles. The largest absolute Gasteiger partial charge is 0.477 e. The second-order valence-electron chi connectivity index (χ2n) is 3.55. The lowest BCUT2D eigenvalue weighted by atomic mass is 10.0. The van der Waals surface area contributed by atoms with Crippen LogP contribution in [-0.4, -0.2) is 21.0 Å². The van der Waals surface area contributed by atoms with E-state index < -0.39 is 11.8 Å². The Morgan fingerprint density at radius 1 is 1.35 bits per heavy atom. The first-order valence-corrected chi connectivity index (χ1v) is 4.89. The molecule has 4 nitrogen and oxygen atoms in total. The van der Waals surface area contributed by atoms with Crippen molar-refractivity contribution in [2.45, 2.75) is 6.92 Å². The summed E-state index contributed by atoms with van der Waals surface area (Å²) in [4.78, 5) is 18.2. The van der Waals surface area contributed by atoms with Crippen LogP contribution in [0.5, 0.6) is 0 Å². The van der Waals surface area contributed by atoms with Gasteiger partial charge in [0.2, 0.25) is 0 Å². The number of halogens is 1. The SMILES string of the molecule is Cc1ccncc1-c1cc(C(=O)O)ncc1F. The maximum absolute atomic E-state index is 13.6. The smallest absolute Gasteiger partial charge is 0.354 e. The summed E-state index contributed by atoms with van der Waals surface area (Å²) in [6, 6.07) is 2.94. The van der Waals surface area contributed by atoms with Crippen molar-refractivity contribution in [3.8, 4) is 11.1 Å². The molecule has 0 unspecified atom stereocenters. The highest BCUT2D eigenvalue weighted by atomic mass is 19.1. The Balaban J connectivity index is 2.63. The van der Waals surface area contributed by atoms with E-state index in [1.54, 1.807) is 19.2 Å². The van der Waals surface area contributed by atoms with Crippen LogP contribution < -0.4 is 0 Å². The van der Waals surface area contributed by atoms with Crippen molar-refractivity contribution in [2.75, 3.05) is 0 Å². The van der Waals surface area contributed by atoms with Crippen LogP contribution in [-0.2, 0) is 0 Å². The standard InChI is InChI=1S/C12H9FN2O2/c1-7-2-3-14-5-9(7)8-4-11(12(16)17)15-6-10(8)13/h2-6H,1H3,(H,16,17). The van der Waals surface area contributed by atoms with Gasteiger partial charge in [0.1, 0.15) is 11.5 Å². The molecule has 0 bridgehead atoms. The van der Waals surface area contributed by atoms with Gasteiger partial charge >= 0.3 is 5.97 Å². The van der Waals surface area contributed by atoms with Gasteiger partial charge in [-0.05, 0) is 24.6 Å². The van der Waals surface area contributed by atoms with Crippen molar-refractivity contribution < 1.29 is 14.3 Å². The fourth-order valence-corrected chi connectivity index (χ4v) is 1.51. The average Bonchev–Trinajstić information content (AvgIpc) is 2.30. The van der Waals surface area contributed by atoms with Gasteiger partial charge in [-0.3, -0.25) is 4.98 Å². The zero-order chi connectivity index (χ0) is 12.4. The summed E-state index contributed by atoms with van der Waals surface area (Å²) >= 11 is 0. The zero-order valence-electron chi connectivity index (χ0n) is 9.01. The summed E-state index contributed by atoms with van der Waals surface area (Å²) in [5.41, 5.74) is 1.39. The number of pyridine rings is 2. The third kappa shape index (κ3) is 2.13. The van der Waals surface area contributed by atoms with Crippen LogP contribution in [0.3, 0.4) is 0 Å². The monoisotopic (exact) mass is 232 g/mol. The molecule has 0 spiro atoms. The number of rotatable bonds is 2. The normalized spacial score (nSPS) is 10.2. The quantitative estimate of drug-likeness (QED) is 0.862. The van der Waals surface area contributed by atoms with Gasteiger partial charge in [-0.2, -0.15) is 0 Å². The molecule has 86 valence electrons. The van der Waals surface area contributed by atoms with Gasteiger partial charge in [-0.25, -0.2) is 14.2 Å². The van der Waals surface area contributed by atoms with Gasteiger partial charge in [0.25, 0.3) is 0 Å². The van der Waals surface area contributed by atoms with Crippen LogP contribution in [0, 0.1) is 12.7 Å². The van der Waals surface area contributed by atoms with Crippen molar-refractivity contribution in [3.05, 3.63) is 47.8 Å². The molecular formula is C12H9FN2O2. The molecule has 0 amide bonds. The van der Waals surface area contributed by atoms with Gasteiger partial charge in [0.05, 0.1) is 6.20 Å². The average molecular weight is 232 g/mol. The molecular weight excluding hydrogens is 223 g/mol. The predicted molar refractivity (Wildman–Crippen MR) is 59.1 cm³/mol. The number of aromatic carboxylic acids is 1. The van der Waals surface area contributed by atoms with Crippen LogP contribution in [0.25, 0.3) is 11.1 Å². The molecule has 0 aliphatic carbocycles. The van der Waals surface area contributed by atoms with Gasteiger partial charge in [-0.15, -0.1) is 0 Å². The van der Waals surface area contributed by atoms with E-state index in [0.717, 1.165) is 11.8 Å². The minimum absolute atomic E-state index is 0.190. The van der Waals surface area contributed by atoms with E-state index in [1.165, 1.54) is 12.3 Å². The fourth-order valence-electron chi connectivity index (χ4n) is 1.51. The summed E-state index contributed by atoms with van der Waals surface area (Å²) in [5, 5.41) is 8.82. The molecule has 0 saturated heterocycles. The van der Waals surface area contributed by atoms with Crippen LogP contribution in [0.2, 0.25) is 0 Å². The second-order valence-corrected chi connectivity index (χ2v) is 3.55. The van der Waals surface area contributed by atoms with Gasteiger partial charge in [-0.1, -0.05) is 0 Å². The molecule has 2 heterocycles. The number of aryl methyl sites for hydroxylation is 1. The number of carboxylic acids is 1. The number of nitrogens with zero attached hydrogens (tertiary/aromatic N) is 2. The number of hydrogen-bond acceptors (Lipinski definition) is 3. The van der Waals surface area contributed by atoms with E-state index >= 15 is 0 Å². The van der Waals surface area contributed by atoms with Gasteiger partial charge in [0.15, 0.2) is 0 Å². The summed E-state index contributed by atoms with van der Waals surface area (Å²) in [7, 11) is 0. The zero-order valence-corrected chi connectivity index (χ0v) is 9.01.